The summed E-state index contributed by atoms with van der Waals surface area (Å²) in [5.74, 6) is 1.87. The van der Waals surface area contributed by atoms with E-state index in [-0.39, 0.29) is 5.57 Å². The van der Waals surface area contributed by atoms with Crippen LogP contribution in [0.3, 0.4) is 0 Å². The fourth-order valence-corrected chi connectivity index (χ4v) is 2.77. The van der Waals surface area contributed by atoms with Crippen LogP contribution in [-0.2, 0) is 4.79 Å². The summed E-state index contributed by atoms with van der Waals surface area (Å²) in [6.45, 7) is 2.16. The molecule has 1 saturated carbocycles. The molecule has 122 valence electrons. The van der Waals surface area contributed by atoms with Gasteiger partial charge >= 0.3 is 0 Å². The first kappa shape index (κ1) is 16.6. The van der Waals surface area contributed by atoms with Crippen molar-refractivity contribution >= 4 is 40.9 Å². The monoisotopic (exact) mass is 360 g/mol. The molecule has 4 nitrogen and oxygen atoms in total. The van der Waals surface area contributed by atoms with E-state index in [4.69, 9.17) is 27.6 Å². The molecule has 0 spiro atoms. The Bertz CT molecular complexity index is 864. The second-order valence-electron chi connectivity index (χ2n) is 5.81. The van der Waals surface area contributed by atoms with Crippen molar-refractivity contribution in [2.45, 2.75) is 19.3 Å². The third-order valence-corrected chi connectivity index (χ3v) is 4.52. The molecule has 3 rings (SSSR count). The highest BCUT2D eigenvalue weighted by molar-refractivity contribution is 6.36. The van der Waals surface area contributed by atoms with E-state index in [1.54, 1.807) is 18.2 Å². The average molecular weight is 361 g/mol. The molecule has 2 atom stereocenters. The van der Waals surface area contributed by atoms with E-state index in [0.29, 0.717) is 33.3 Å². The maximum absolute atomic E-state index is 12.3. The predicted octanol–water partition coefficient (Wildman–Crippen LogP) is 5.26. The summed E-state index contributed by atoms with van der Waals surface area (Å²) in [6, 6.07) is 10.2. The number of furan rings is 1. The molecular formula is C18H14Cl2N2O2. The van der Waals surface area contributed by atoms with Gasteiger partial charge in [-0.3, -0.25) is 4.79 Å². The Labute approximate surface area is 149 Å². The highest BCUT2D eigenvalue weighted by Crippen LogP contribution is 2.47. The van der Waals surface area contributed by atoms with Crippen LogP contribution in [0.5, 0.6) is 0 Å². The Morgan fingerprint density at radius 3 is 2.79 bits per heavy atom. The van der Waals surface area contributed by atoms with Gasteiger partial charge in [0.25, 0.3) is 5.91 Å². The fraction of sp³-hybridized carbons (Fsp3) is 0.222. The molecule has 0 unspecified atom stereocenters. The van der Waals surface area contributed by atoms with E-state index in [9.17, 15) is 10.1 Å². The van der Waals surface area contributed by atoms with E-state index in [1.807, 2.05) is 12.1 Å². The van der Waals surface area contributed by atoms with Gasteiger partial charge in [-0.25, -0.2) is 0 Å². The van der Waals surface area contributed by atoms with Crippen LogP contribution in [0, 0.1) is 17.2 Å². The first-order chi connectivity index (χ1) is 11.5. The summed E-state index contributed by atoms with van der Waals surface area (Å²) < 4.78 is 5.70. The third kappa shape index (κ3) is 3.64. The van der Waals surface area contributed by atoms with Crippen LogP contribution in [-0.4, -0.2) is 5.91 Å². The lowest BCUT2D eigenvalue weighted by molar-refractivity contribution is -0.112. The molecule has 1 aliphatic rings. The van der Waals surface area contributed by atoms with E-state index < -0.39 is 5.91 Å². The second-order valence-corrected chi connectivity index (χ2v) is 6.65. The van der Waals surface area contributed by atoms with Gasteiger partial charge in [0, 0.05) is 17.0 Å². The van der Waals surface area contributed by atoms with Crippen molar-refractivity contribution in [2.75, 3.05) is 5.32 Å². The number of nitrogens with zero attached hydrogens (tertiary/aromatic N) is 1. The van der Waals surface area contributed by atoms with Crippen molar-refractivity contribution in [1.82, 2.24) is 0 Å². The van der Waals surface area contributed by atoms with Gasteiger partial charge in [-0.1, -0.05) is 30.1 Å². The number of anilines is 1. The summed E-state index contributed by atoms with van der Waals surface area (Å²) >= 11 is 11.9. The molecule has 1 heterocycles. The molecule has 0 radical (unpaired) electrons. The van der Waals surface area contributed by atoms with Crippen LogP contribution < -0.4 is 5.32 Å². The quantitative estimate of drug-likeness (QED) is 0.597. The van der Waals surface area contributed by atoms with Gasteiger partial charge in [-0.05, 0) is 42.7 Å². The number of halogens is 2. The molecule has 1 N–H and O–H groups in total. The Hall–Kier alpha value is -2.22. The number of nitriles is 1. The first-order valence-corrected chi connectivity index (χ1v) is 8.21. The number of amides is 1. The SMILES string of the molecule is C[C@@H]1C[C@@H]1c1ccc(/C=C(\C#N)C(=O)Nc2cc(Cl)ccc2Cl)o1. The zero-order valence-corrected chi connectivity index (χ0v) is 14.4. The lowest BCUT2D eigenvalue weighted by Gasteiger charge is -2.06. The van der Waals surface area contributed by atoms with E-state index >= 15 is 0 Å². The summed E-state index contributed by atoms with van der Waals surface area (Å²) in [5.41, 5.74) is 0.276. The number of carbonyl (C=O) groups excluding carboxylic acids is 1. The lowest BCUT2D eigenvalue weighted by atomic mass is 10.2. The standard InChI is InChI=1S/C18H14Cl2N2O2/c1-10-6-14(10)17-5-3-13(24-17)7-11(9-21)18(23)22-16-8-12(19)2-4-15(16)20/h2-5,7-8,10,14H,6H2,1H3,(H,22,23)/b11-7+/t10-,14+/m1/s1. The maximum atomic E-state index is 12.3. The molecule has 2 aromatic rings. The molecule has 0 bridgehead atoms. The third-order valence-electron chi connectivity index (χ3n) is 3.95. The minimum atomic E-state index is -0.570. The molecule has 1 aromatic carbocycles. The number of hydrogen-bond acceptors (Lipinski definition) is 3. The van der Waals surface area contributed by atoms with E-state index in [0.717, 1.165) is 12.2 Å². The number of benzene rings is 1. The number of carbonyl (C=O) groups is 1. The molecule has 0 saturated heterocycles. The minimum absolute atomic E-state index is 0.0733. The summed E-state index contributed by atoms with van der Waals surface area (Å²) in [6.07, 6.45) is 2.53. The Balaban J connectivity index is 1.77. The Kier molecular flexibility index (Phi) is 4.66. The number of rotatable bonds is 4. The zero-order valence-electron chi connectivity index (χ0n) is 12.8. The molecule has 1 amide bonds. The summed E-state index contributed by atoms with van der Waals surface area (Å²) in [7, 11) is 0. The molecule has 1 fully saturated rings. The first-order valence-electron chi connectivity index (χ1n) is 7.46. The minimum Gasteiger partial charge on any atom is -0.461 e. The van der Waals surface area contributed by atoms with Gasteiger partial charge < -0.3 is 9.73 Å². The fourth-order valence-electron chi connectivity index (χ4n) is 2.44. The van der Waals surface area contributed by atoms with Gasteiger partial charge in [0.1, 0.15) is 23.2 Å². The van der Waals surface area contributed by atoms with Crippen molar-refractivity contribution in [2.24, 2.45) is 5.92 Å². The predicted molar refractivity (Wildman–Crippen MR) is 93.9 cm³/mol. The van der Waals surface area contributed by atoms with Gasteiger partial charge in [-0.2, -0.15) is 5.26 Å². The van der Waals surface area contributed by atoms with Crippen molar-refractivity contribution < 1.29 is 9.21 Å². The molecular weight excluding hydrogens is 347 g/mol. The van der Waals surface area contributed by atoms with Crippen LogP contribution in [0.2, 0.25) is 10.0 Å². The second kappa shape index (κ2) is 6.72. The lowest BCUT2D eigenvalue weighted by Crippen LogP contribution is -2.13. The summed E-state index contributed by atoms with van der Waals surface area (Å²) in [5, 5.41) is 12.6. The molecule has 0 aliphatic heterocycles. The number of hydrogen-bond donors (Lipinski definition) is 1. The van der Waals surface area contributed by atoms with Gasteiger partial charge in [-0.15, -0.1) is 0 Å². The van der Waals surface area contributed by atoms with Crippen LogP contribution >= 0.6 is 23.2 Å². The van der Waals surface area contributed by atoms with Crippen molar-refractivity contribution in [3.8, 4) is 6.07 Å². The topological polar surface area (TPSA) is 66.0 Å². The Morgan fingerprint density at radius 1 is 1.38 bits per heavy atom. The molecule has 24 heavy (non-hydrogen) atoms. The largest absolute Gasteiger partial charge is 0.461 e. The highest BCUT2D eigenvalue weighted by atomic mass is 35.5. The smallest absolute Gasteiger partial charge is 0.266 e. The highest BCUT2D eigenvalue weighted by Gasteiger charge is 2.36. The van der Waals surface area contributed by atoms with E-state index in [1.165, 1.54) is 12.1 Å². The zero-order chi connectivity index (χ0) is 17.3. The normalized spacial score (nSPS) is 19.7. The van der Waals surface area contributed by atoms with Crippen LogP contribution in [0.15, 0.2) is 40.3 Å². The van der Waals surface area contributed by atoms with Crippen LogP contribution in [0.4, 0.5) is 5.69 Å². The van der Waals surface area contributed by atoms with Gasteiger partial charge in [0.15, 0.2) is 0 Å². The van der Waals surface area contributed by atoms with Crippen molar-refractivity contribution in [1.29, 1.82) is 5.26 Å². The van der Waals surface area contributed by atoms with Gasteiger partial charge in [0.2, 0.25) is 0 Å². The van der Waals surface area contributed by atoms with Crippen LogP contribution in [0.1, 0.15) is 30.8 Å². The van der Waals surface area contributed by atoms with Crippen LogP contribution in [0.25, 0.3) is 6.08 Å². The Morgan fingerprint density at radius 2 is 2.12 bits per heavy atom. The molecule has 6 heteroatoms. The maximum Gasteiger partial charge on any atom is 0.266 e. The van der Waals surface area contributed by atoms with Gasteiger partial charge in [0.05, 0.1) is 10.7 Å². The van der Waals surface area contributed by atoms with Crippen molar-refractivity contribution in [3.05, 3.63) is 57.5 Å². The molecule has 1 aromatic heterocycles. The molecule has 1 aliphatic carbocycles. The van der Waals surface area contributed by atoms with Crippen molar-refractivity contribution in [3.63, 3.8) is 0 Å². The number of nitrogens with one attached hydrogen (secondary N) is 1. The average Bonchev–Trinajstić information content (AvgIpc) is 3.09. The summed E-state index contributed by atoms with van der Waals surface area (Å²) in [4.78, 5) is 12.3. The van der Waals surface area contributed by atoms with E-state index in [2.05, 4.69) is 12.2 Å².